The van der Waals surface area contributed by atoms with E-state index in [1.165, 1.54) is 0 Å². The molecule has 1 rings (SSSR count). The van der Waals surface area contributed by atoms with Crippen LogP contribution in [0, 0.1) is 5.92 Å². The zero-order valence-corrected chi connectivity index (χ0v) is 12.1. The number of anilines is 1. The van der Waals surface area contributed by atoms with Crippen LogP contribution < -0.4 is 11.1 Å². The molecule has 0 aliphatic rings. The molecule has 1 atom stereocenters. The van der Waals surface area contributed by atoms with Crippen LogP contribution >= 0.6 is 0 Å². The number of hydrogen-bond acceptors (Lipinski definition) is 5. The minimum absolute atomic E-state index is 0.301. The zero-order chi connectivity index (χ0) is 14.5. The average Bonchev–Trinajstić information content (AvgIpc) is 2.39. The first-order chi connectivity index (χ1) is 8.94. The van der Waals surface area contributed by atoms with Crippen molar-refractivity contribution in [2.75, 3.05) is 18.5 Å². The summed E-state index contributed by atoms with van der Waals surface area (Å²) < 4.78 is 5.03. The number of carbonyl (C=O) groups excluding carboxylic acids is 1. The average molecular weight is 265 g/mol. The summed E-state index contributed by atoms with van der Waals surface area (Å²) in [5.41, 5.74) is 5.95. The van der Waals surface area contributed by atoms with Crippen LogP contribution in [-0.4, -0.2) is 29.6 Å². The summed E-state index contributed by atoms with van der Waals surface area (Å²) >= 11 is 0. The van der Waals surface area contributed by atoms with Gasteiger partial charge < -0.3 is 15.8 Å². The highest BCUT2D eigenvalue weighted by Crippen LogP contribution is 2.23. The van der Waals surface area contributed by atoms with Gasteiger partial charge in [-0.1, -0.05) is 13.8 Å². The molecular formula is C14H23N3O2. The van der Waals surface area contributed by atoms with E-state index in [4.69, 9.17) is 10.5 Å². The molecule has 0 saturated carbocycles. The van der Waals surface area contributed by atoms with Crippen molar-refractivity contribution >= 4 is 11.8 Å². The summed E-state index contributed by atoms with van der Waals surface area (Å²) in [6.07, 6.45) is 1.64. The quantitative estimate of drug-likeness (QED) is 0.770. The lowest BCUT2D eigenvalue weighted by atomic mass is 9.88. The Morgan fingerprint density at radius 1 is 1.58 bits per heavy atom. The second kappa shape index (κ2) is 6.52. The fraction of sp³-hybridized carbons (Fsp3) is 0.571. The van der Waals surface area contributed by atoms with E-state index in [2.05, 4.69) is 24.1 Å². The van der Waals surface area contributed by atoms with E-state index in [0.29, 0.717) is 30.5 Å². The van der Waals surface area contributed by atoms with Gasteiger partial charge in [-0.3, -0.25) is 0 Å². The van der Waals surface area contributed by atoms with Gasteiger partial charge in [0.2, 0.25) is 0 Å². The van der Waals surface area contributed by atoms with Crippen LogP contribution in [0.4, 0.5) is 5.82 Å². The smallest absolute Gasteiger partial charge is 0.341 e. The van der Waals surface area contributed by atoms with E-state index in [-0.39, 0.29) is 11.5 Å². The van der Waals surface area contributed by atoms with Crippen molar-refractivity contribution in [2.24, 2.45) is 11.7 Å². The number of nitrogens with one attached hydrogen (secondary N) is 1. The fourth-order valence-electron chi connectivity index (χ4n) is 1.58. The number of pyridine rings is 1. The number of aromatic nitrogens is 1. The van der Waals surface area contributed by atoms with Gasteiger partial charge in [0.25, 0.3) is 0 Å². The number of rotatable bonds is 6. The van der Waals surface area contributed by atoms with Gasteiger partial charge in [-0.15, -0.1) is 0 Å². The summed E-state index contributed by atoms with van der Waals surface area (Å²) in [5, 5.41) is 3.28. The van der Waals surface area contributed by atoms with Gasteiger partial charge in [0.15, 0.2) is 0 Å². The molecule has 3 N–H and O–H groups in total. The Hall–Kier alpha value is -1.62. The Balaban J connectivity index is 3.04. The second-order valence-electron chi connectivity index (χ2n) is 5.02. The molecule has 0 spiro atoms. The third kappa shape index (κ3) is 3.67. The predicted octanol–water partition coefficient (Wildman–Crippen LogP) is 2.04. The third-order valence-corrected chi connectivity index (χ3v) is 3.41. The molecular weight excluding hydrogens is 242 g/mol. The Morgan fingerprint density at radius 3 is 2.79 bits per heavy atom. The first kappa shape index (κ1) is 15.4. The third-order valence-electron chi connectivity index (χ3n) is 3.41. The highest BCUT2D eigenvalue weighted by Gasteiger charge is 2.28. The van der Waals surface area contributed by atoms with Gasteiger partial charge in [-0.2, -0.15) is 0 Å². The highest BCUT2D eigenvalue weighted by molar-refractivity contribution is 5.94. The molecule has 1 aromatic heterocycles. The minimum atomic E-state index is -0.374. The van der Waals surface area contributed by atoms with E-state index in [1.807, 2.05) is 6.92 Å². The van der Waals surface area contributed by atoms with Crippen molar-refractivity contribution in [1.82, 2.24) is 4.98 Å². The first-order valence-electron chi connectivity index (χ1n) is 6.55. The first-order valence-corrected chi connectivity index (χ1v) is 6.55. The lowest BCUT2D eigenvalue weighted by Crippen LogP contribution is -2.47. The van der Waals surface area contributed by atoms with E-state index < -0.39 is 0 Å². The van der Waals surface area contributed by atoms with E-state index in [0.717, 1.165) is 0 Å². The topological polar surface area (TPSA) is 77.2 Å². The van der Waals surface area contributed by atoms with Crippen LogP contribution in [0.3, 0.4) is 0 Å². The maximum absolute atomic E-state index is 11.9. The van der Waals surface area contributed by atoms with Gasteiger partial charge in [-0.25, -0.2) is 9.78 Å². The molecule has 0 fully saturated rings. The van der Waals surface area contributed by atoms with E-state index >= 15 is 0 Å². The summed E-state index contributed by atoms with van der Waals surface area (Å²) in [6, 6.07) is 3.41. The lowest BCUT2D eigenvalue weighted by molar-refractivity contribution is 0.0527. The maximum atomic E-state index is 11.9. The van der Waals surface area contributed by atoms with Gasteiger partial charge in [0, 0.05) is 12.7 Å². The minimum Gasteiger partial charge on any atom is -0.462 e. The summed E-state index contributed by atoms with van der Waals surface area (Å²) in [7, 11) is 0. The lowest BCUT2D eigenvalue weighted by Gasteiger charge is -2.34. The van der Waals surface area contributed by atoms with E-state index in [9.17, 15) is 4.79 Å². The second-order valence-corrected chi connectivity index (χ2v) is 5.02. The fourth-order valence-corrected chi connectivity index (χ4v) is 1.58. The van der Waals surface area contributed by atoms with Crippen molar-refractivity contribution in [3.63, 3.8) is 0 Å². The number of esters is 1. The summed E-state index contributed by atoms with van der Waals surface area (Å²) in [6.45, 7) is 8.73. The molecule has 5 nitrogen and oxygen atoms in total. The molecule has 0 aromatic carbocycles. The Morgan fingerprint density at radius 2 is 2.26 bits per heavy atom. The number of ether oxygens (including phenoxy) is 1. The van der Waals surface area contributed by atoms with Crippen LogP contribution in [0.1, 0.15) is 38.1 Å². The molecule has 19 heavy (non-hydrogen) atoms. The molecule has 0 radical (unpaired) electrons. The molecule has 0 aliphatic heterocycles. The summed E-state index contributed by atoms with van der Waals surface area (Å²) in [5.74, 6) is 0.443. The molecule has 106 valence electrons. The van der Waals surface area contributed by atoms with Gasteiger partial charge in [-0.05, 0) is 31.9 Å². The molecule has 0 amide bonds. The van der Waals surface area contributed by atoms with Crippen LogP contribution in [0.5, 0.6) is 0 Å². The Bertz CT molecular complexity index is 434. The van der Waals surface area contributed by atoms with Crippen LogP contribution in [0.15, 0.2) is 18.3 Å². The monoisotopic (exact) mass is 265 g/mol. The van der Waals surface area contributed by atoms with Crippen molar-refractivity contribution in [1.29, 1.82) is 0 Å². The van der Waals surface area contributed by atoms with Gasteiger partial charge >= 0.3 is 5.97 Å². The molecule has 5 heteroatoms. The zero-order valence-electron chi connectivity index (χ0n) is 12.1. The SMILES string of the molecule is CCOC(=O)c1cccnc1NC(C)(CN)C(C)C. The number of carbonyl (C=O) groups is 1. The van der Waals surface area contributed by atoms with Gasteiger partial charge in [0.05, 0.1) is 12.1 Å². The van der Waals surface area contributed by atoms with Crippen LogP contribution in [0.25, 0.3) is 0 Å². The number of nitrogens with zero attached hydrogens (tertiary/aromatic N) is 1. The summed E-state index contributed by atoms with van der Waals surface area (Å²) in [4.78, 5) is 16.1. The van der Waals surface area contributed by atoms with Crippen molar-refractivity contribution < 1.29 is 9.53 Å². The van der Waals surface area contributed by atoms with Crippen molar-refractivity contribution in [3.05, 3.63) is 23.9 Å². The van der Waals surface area contributed by atoms with Crippen molar-refractivity contribution in [2.45, 2.75) is 33.2 Å². The van der Waals surface area contributed by atoms with Crippen LogP contribution in [-0.2, 0) is 4.74 Å². The van der Waals surface area contributed by atoms with Gasteiger partial charge in [0.1, 0.15) is 11.4 Å². The Labute approximate surface area is 114 Å². The molecule has 1 heterocycles. The maximum Gasteiger partial charge on any atom is 0.341 e. The van der Waals surface area contributed by atoms with Crippen molar-refractivity contribution in [3.8, 4) is 0 Å². The normalized spacial score (nSPS) is 14.0. The standard InChI is InChI=1S/C14H23N3O2/c1-5-19-13(18)11-7-6-8-16-12(11)17-14(4,9-15)10(2)3/h6-8,10H,5,9,15H2,1-4H3,(H,16,17). The van der Waals surface area contributed by atoms with E-state index in [1.54, 1.807) is 25.3 Å². The number of hydrogen-bond donors (Lipinski definition) is 2. The highest BCUT2D eigenvalue weighted by atomic mass is 16.5. The predicted molar refractivity (Wildman–Crippen MR) is 76.1 cm³/mol. The van der Waals surface area contributed by atoms with Crippen LogP contribution in [0.2, 0.25) is 0 Å². The molecule has 1 aromatic rings. The number of nitrogens with two attached hydrogens (primary N) is 1. The Kier molecular flexibility index (Phi) is 5.30. The molecule has 0 saturated heterocycles. The largest absolute Gasteiger partial charge is 0.462 e. The molecule has 1 unspecified atom stereocenters. The molecule has 0 aliphatic carbocycles. The molecule has 0 bridgehead atoms.